The summed E-state index contributed by atoms with van der Waals surface area (Å²) in [5.41, 5.74) is 14.8. The fourth-order valence-corrected chi connectivity index (χ4v) is 3.32. The lowest BCUT2D eigenvalue weighted by Crippen LogP contribution is -2.43. The number of nitrogen functional groups attached to an aromatic ring is 1. The van der Waals surface area contributed by atoms with Gasteiger partial charge in [-0.2, -0.15) is 10.2 Å². The maximum absolute atomic E-state index is 9.15. The van der Waals surface area contributed by atoms with E-state index in [1.165, 1.54) is 0 Å². The molecule has 142 valence electrons. The second kappa shape index (κ2) is 8.69. The summed E-state index contributed by atoms with van der Waals surface area (Å²) in [5.74, 6) is 1.42. The number of hydrogen-bond donors (Lipinski definition) is 3. The number of rotatable bonds is 6. The average molecular weight is 365 g/mol. The first kappa shape index (κ1) is 18.9. The number of nitrogens with two attached hydrogens (primary N) is 2. The van der Waals surface area contributed by atoms with Gasteiger partial charge in [-0.1, -0.05) is 13.3 Å². The summed E-state index contributed by atoms with van der Waals surface area (Å²) in [6.45, 7) is 3.93. The van der Waals surface area contributed by atoms with E-state index in [4.69, 9.17) is 21.7 Å². The molecule has 7 nitrogen and oxygen atoms in total. The van der Waals surface area contributed by atoms with Crippen molar-refractivity contribution in [3.05, 3.63) is 35.5 Å². The number of aromatic nitrogens is 2. The molecule has 0 aliphatic carbocycles. The Hall–Kier alpha value is -2.85. The summed E-state index contributed by atoms with van der Waals surface area (Å²) in [6, 6.07) is 9.53. The molecule has 1 aromatic heterocycles. The van der Waals surface area contributed by atoms with E-state index in [2.05, 4.69) is 34.3 Å². The van der Waals surface area contributed by atoms with Gasteiger partial charge in [0, 0.05) is 42.3 Å². The lowest BCUT2D eigenvalue weighted by Gasteiger charge is -2.32. The predicted octanol–water partition coefficient (Wildman–Crippen LogP) is 2.94. The predicted molar refractivity (Wildman–Crippen MR) is 109 cm³/mol. The molecule has 0 radical (unpaired) electrons. The number of anilines is 4. The maximum atomic E-state index is 9.15. The zero-order chi connectivity index (χ0) is 19.2. The highest BCUT2D eigenvalue weighted by Crippen LogP contribution is 2.24. The van der Waals surface area contributed by atoms with E-state index >= 15 is 0 Å². The van der Waals surface area contributed by atoms with Crippen LogP contribution in [0.2, 0.25) is 0 Å². The number of nitrogens with one attached hydrogen (secondary N) is 1. The molecule has 1 atom stereocenters. The minimum absolute atomic E-state index is 0.177. The van der Waals surface area contributed by atoms with Gasteiger partial charge in [-0.05, 0) is 43.9 Å². The van der Waals surface area contributed by atoms with Crippen LogP contribution < -0.4 is 21.7 Å². The van der Waals surface area contributed by atoms with Crippen molar-refractivity contribution in [1.29, 1.82) is 5.26 Å². The van der Waals surface area contributed by atoms with Crippen molar-refractivity contribution in [3.63, 3.8) is 0 Å². The molecule has 0 saturated carbocycles. The first-order chi connectivity index (χ1) is 13.1. The smallest absolute Gasteiger partial charge is 0.229 e. The van der Waals surface area contributed by atoms with Crippen LogP contribution in [-0.4, -0.2) is 29.1 Å². The number of hydrogen-bond acceptors (Lipinski definition) is 7. The molecule has 0 amide bonds. The van der Waals surface area contributed by atoms with Crippen molar-refractivity contribution in [2.75, 3.05) is 29.0 Å². The highest BCUT2D eigenvalue weighted by molar-refractivity contribution is 5.64. The van der Waals surface area contributed by atoms with E-state index in [1.807, 2.05) is 0 Å². The number of nitrogens with zero attached hydrogens (tertiary/aromatic N) is 4. The molecule has 1 unspecified atom stereocenters. The summed E-state index contributed by atoms with van der Waals surface area (Å²) in [6.07, 6.45) is 5.21. The Morgan fingerprint density at radius 1 is 1.30 bits per heavy atom. The van der Waals surface area contributed by atoms with Crippen molar-refractivity contribution in [2.45, 2.75) is 45.1 Å². The van der Waals surface area contributed by atoms with Gasteiger partial charge in [-0.3, -0.25) is 0 Å². The number of unbranched alkanes of at least 4 members (excludes halogenated alkanes) is 1. The van der Waals surface area contributed by atoms with Crippen molar-refractivity contribution < 1.29 is 0 Å². The Morgan fingerprint density at radius 2 is 2.15 bits per heavy atom. The van der Waals surface area contributed by atoms with Crippen LogP contribution in [0.4, 0.5) is 23.1 Å². The van der Waals surface area contributed by atoms with Gasteiger partial charge in [-0.15, -0.1) is 0 Å². The third-order valence-corrected chi connectivity index (χ3v) is 4.67. The van der Waals surface area contributed by atoms with Gasteiger partial charge in [0.05, 0.1) is 11.6 Å². The van der Waals surface area contributed by atoms with Crippen molar-refractivity contribution in [1.82, 2.24) is 9.97 Å². The van der Waals surface area contributed by atoms with Crippen molar-refractivity contribution in [2.24, 2.45) is 5.73 Å². The van der Waals surface area contributed by atoms with Crippen LogP contribution in [0.1, 0.15) is 43.9 Å². The van der Waals surface area contributed by atoms with Crippen LogP contribution in [-0.2, 0) is 6.42 Å². The Bertz CT molecular complexity index is 828. The Labute approximate surface area is 160 Å². The minimum Gasteiger partial charge on any atom is -0.399 e. The Balaban J connectivity index is 1.90. The summed E-state index contributed by atoms with van der Waals surface area (Å²) in [5, 5.41) is 12.4. The molecule has 1 aliphatic rings. The Morgan fingerprint density at radius 3 is 2.89 bits per heavy atom. The number of nitriles is 1. The van der Waals surface area contributed by atoms with Crippen LogP contribution in [0, 0.1) is 11.3 Å². The van der Waals surface area contributed by atoms with Gasteiger partial charge in [-0.25, -0.2) is 4.98 Å². The number of aryl methyl sites for hydroxylation is 1. The normalized spacial score (nSPS) is 16.8. The fourth-order valence-electron chi connectivity index (χ4n) is 3.32. The molecule has 7 heteroatoms. The molecule has 1 aromatic carbocycles. The standard InChI is InChI=1S/C20H27N7/c1-2-3-6-17-11-19(27-7-4-5-15(22)13-27)26-20(24-17)25-18-9-14(12-21)8-16(23)10-18/h8-11,15H,2-7,13,22-23H2,1H3,(H,24,25,26). The van der Waals surface area contributed by atoms with Gasteiger partial charge in [0.25, 0.3) is 0 Å². The second-order valence-corrected chi connectivity index (χ2v) is 7.07. The molecular weight excluding hydrogens is 338 g/mol. The number of benzene rings is 1. The SMILES string of the molecule is CCCCc1cc(N2CCCC(N)C2)nc(Nc2cc(N)cc(C#N)c2)n1. The van der Waals surface area contributed by atoms with Gasteiger partial charge >= 0.3 is 0 Å². The van der Waals surface area contributed by atoms with Gasteiger partial charge in [0.15, 0.2) is 0 Å². The second-order valence-electron chi connectivity index (χ2n) is 7.07. The van der Waals surface area contributed by atoms with Gasteiger partial charge < -0.3 is 21.7 Å². The summed E-state index contributed by atoms with van der Waals surface area (Å²) < 4.78 is 0. The van der Waals surface area contributed by atoms with Crippen LogP contribution in [0.25, 0.3) is 0 Å². The molecule has 0 spiro atoms. The van der Waals surface area contributed by atoms with Crippen LogP contribution in [0.5, 0.6) is 0 Å². The molecule has 1 aliphatic heterocycles. The zero-order valence-electron chi connectivity index (χ0n) is 15.8. The molecule has 2 aromatic rings. The van der Waals surface area contributed by atoms with Crippen molar-refractivity contribution in [3.8, 4) is 6.07 Å². The molecule has 1 fully saturated rings. The van der Waals surface area contributed by atoms with E-state index in [9.17, 15) is 0 Å². The van der Waals surface area contributed by atoms with E-state index in [-0.39, 0.29) is 6.04 Å². The third-order valence-electron chi connectivity index (χ3n) is 4.67. The van der Waals surface area contributed by atoms with Crippen LogP contribution in [0.3, 0.4) is 0 Å². The van der Waals surface area contributed by atoms with E-state index in [0.717, 1.165) is 56.7 Å². The van der Waals surface area contributed by atoms with Crippen molar-refractivity contribution >= 4 is 23.1 Å². The minimum atomic E-state index is 0.177. The summed E-state index contributed by atoms with van der Waals surface area (Å²) >= 11 is 0. The maximum Gasteiger partial charge on any atom is 0.229 e. The third kappa shape index (κ3) is 5.08. The monoisotopic (exact) mass is 365 g/mol. The lowest BCUT2D eigenvalue weighted by atomic mass is 10.1. The van der Waals surface area contributed by atoms with Gasteiger partial charge in [0.1, 0.15) is 5.82 Å². The topological polar surface area (TPSA) is 117 Å². The molecule has 2 heterocycles. The molecule has 27 heavy (non-hydrogen) atoms. The average Bonchev–Trinajstić information content (AvgIpc) is 2.65. The Kier molecular flexibility index (Phi) is 6.09. The molecule has 0 bridgehead atoms. The van der Waals surface area contributed by atoms with E-state index in [0.29, 0.717) is 22.9 Å². The highest BCUT2D eigenvalue weighted by Gasteiger charge is 2.19. The molecular formula is C20H27N7. The van der Waals surface area contributed by atoms with E-state index < -0.39 is 0 Å². The molecule has 5 N–H and O–H groups in total. The number of piperidine rings is 1. The summed E-state index contributed by atoms with van der Waals surface area (Å²) in [7, 11) is 0. The van der Waals surface area contributed by atoms with Crippen LogP contribution >= 0.6 is 0 Å². The zero-order valence-corrected chi connectivity index (χ0v) is 15.8. The molecule has 1 saturated heterocycles. The summed E-state index contributed by atoms with van der Waals surface area (Å²) in [4.78, 5) is 11.6. The first-order valence-electron chi connectivity index (χ1n) is 9.53. The lowest BCUT2D eigenvalue weighted by molar-refractivity contribution is 0.503. The highest BCUT2D eigenvalue weighted by atomic mass is 15.2. The van der Waals surface area contributed by atoms with Crippen LogP contribution in [0.15, 0.2) is 24.3 Å². The molecule has 3 rings (SSSR count). The largest absolute Gasteiger partial charge is 0.399 e. The van der Waals surface area contributed by atoms with Gasteiger partial charge in [0.2, 0.25) is 5.95 Å². The van der Waals surface area contributed by atoms with E-state index in [1.54, 1.807) is 18.2 Å². The fraction of sp³-hybridized carbons (Fsp3) is 0.450. The quantitative estimate of drug-likeness (QED) is 0.674. The first-order valence-corrected chi connectivity index (χ1v) is 9.53.